The Morgan fingerprint density at radius 1 is 1.06 bits per heavy atom. The molecule has 5 heterocycles. The van der Waals surface area contributed by atoms with Crippen LogP contribution in [-0.4, -0.2) is 66.5 Å². The van der Waals surface area contributed by atoms with E-state index in [4.69, 9.17) is 33.4 Å². The van der Waals surface area contributed by atoms with Gasteiger partial charge in [0.05, 0.1) is 21.9 Å². The summed E-state index contributed by atoms with van der Waals surface area (Å²) in [4.78, 5) is 33.5. The Labute approximate surface area is 185 Å². The number of nitrogen functional groups attached to an aromatic ring is 1. The molecular formula is C18H15Cl2N9O2. The SMILES string of the molecule is Nc1nc(N2CCN(C(=O)c3c(Cl)cncc3Cl)CC2)nc2nc(-c3ccco3)nn12. The van der Waals surface area contributed by atoms with Crippen molar-refractivity contribution in [2.24, 2.45) is 0 Å². The summed E-state index contributed by atoms with van der Waals surface area (Å²) in [5.74, 6) is 1.50. The molecule has 0 spiro atoms. The minimum Gasteiger partial charge on any atom is -0.461 e. The normalized spacial score (nSPS) is 14.4. The van der Waals surface area contributed by atoms with Crippen LogP contribution in [0.2, 0.25) is 10.0 Å². The summed E-state index contributed by atoms with van der Waals surface area (Å²) in [5, 5.41) is 4.73. The first kappa shape index (κ1) is 19.5. The van der Waals surface area contributed by atoms with Gasteiger partial charge in [-0.05, 0) is 12.1 Å². The third-order valence-electron chi connectivity index (χ3n) is 4.88. The molecule has 1 aliphatic rings. The predicted molar refractivity (Wildman–Crippen MR) is 113 cm³/mol. The molecule has 5 rings (SSSR count). The Kier molecular flexibility index (Phi) is 4.83. The number of hydrogen-bond acceptors (Lipinski definition) is 9. The third-order valence-corrected chi connectivity index (χ3v) is 5.45. The van der Waals surface area contributed by atoms with Crippen LogP contribution < -0.4 is 10.6 Å². The van der Waals surface area contributed by atoms with Crippen LogP contribution in [0.25, 0.3) is 17.4 Å². The quantitative estimate of drug-likeness (QED) is 0.488. The average Bonchev–Trinajstić information content (AvgIpc) is 3.43. The highest BCUT2D eigenvalue weighted by Crippen LogP contribution is 2.25. The van der Waals surface area contributed by atoms with Gasteiger partial charge in [-0.3, -0.25) is 9.78 Å². The van der Waals surface area contributed by atoms with Crippen LogP contribution in [0.1, 0.15) is 10.4 Å². The van der Waals surface area contributed by atoms with Crippen molar-refractivity contribution in [1.82, 2.24) is 34.4 Å². The van der Waals surface area contributed by atoms with E-state index in [2.05, 4.69) is 25.0 Å². The van der Waals surface area contributed by atoms with Crippen molar-refractivity contribution in [2.45, 2.75) is 0 Å². The third kappa shape index (κ3) is 3.51. The van der Waals surface area contributed by atoms with Crippen LogP contribution in [0.15, 0.2) is 35.2 Å². The highest BCUT2D eigenvalue weighted by molar-refractivity contribution is 6.39. The molecule has 158 valence electrons. The van der Waals surface area contributed by atoms with Crippen LogP contribution in [0.4, 0.5) is 11.9 Å². The molecule has 13 heteroatoms. The van der Waals surface area contributed by atoms with Crippen LogP contribution >= 0.6 is 23.2 Å². The maximum atomic E-state index is 12.9. The van der Waals surface area contributed by atoms with E-state index >= 15 is 0 Å². The van der Waals surface area contributed by atoms with Gasteiger partial charge in [0.2, 0.25) is 17.7 Å². The molecule has 11 nitrogen and oxygen atoms in total. The Hall–Kier alpha value is -3.44. The van der Waals surface area contributed by atoms with Gasteiger partial charge in [0.25, 0.3) is 11.7 Å². The summed E-state index contributed by atoms with van der Waals surface area (Å²) in [6.07, 6.45) is 4.34. The predicted octanol–water partition coefficient (Wildman–Crippen LogP) is 2.03. The monoisotopic (exact) mass is 459 g/mol. The van der Waals surface area contributed by atoms with Crippen molar-refractivity contribution >= 4 is 46.8 Å². The lowest BCUT2D eigenvalue weighted by molar-refractivity contribution is 0.0746. The topological polar surface area (TPSA) is 132 Å². The minimum absolute atomic E-state index is 0.152. The molecule has 0 aliphatic carbocycles. The molecule has 1 aliphatic heterocycles. The number of halogens is 2. The average molecular weight is 460 g/mol. The molecule has 1 fully saturated rings. The van der Waals surface area contributed by atoms with Gasteiger partial charge >= 0.3 is 0 Å². The number of nitrogens with zero attached hydrogens (tertiary/aromatic N) is 8. The number of furan rings is 1. The molecule has 0 saturated carbocycles. The number of aromatic nitrogens is 6. The minimum atomic E-state index is -0.242. The van der Waals surface area contributed by atoms with Gasteiger partial charge < -0.3 is 20.0 Å². The molecule has 1 amide bonds. The number of carbonyl (C=O) groups excluding carboxylic acids is 1. The van der Waals surface area contributed by atoms with Crippen LogP contribution in [0, 0.1) is 0 Å². The van der Waals surface area contributed by atoms with Gasteiger partial charge in [0, 0.05) is 38.6 Å². The maximum absolute atomic E-state index is 12.9. The van der Waals surface area contributed by atoms with Crippen LogP contribution in [-0.2, 0) is 0 Å². The van der Waals surface area contributed by atoms with E-state index in [1.165, 1.54) is 23.2 Å². The molecule has 0 radical (unpaired) electrons. The second-order valence-electron chi connectivity index (χ2n) is 6.76. The number of carbonyl (C=O) groups is 1. The summed E-state index contributed by atoms with van der Waals surface area (Å²) >= 11 is 12.2. The Balaban J connectivity index is 1.35. The molecule has 0 unspecified atom stereocenters. The number of nitrogens with two attached hydrogens (primary N) is 1. The number of fused-ring (bicyclic) bond motifs is 1. The first-order valence-corrected chi connectivity index (χ1v) is 10.0. The van der Waals surface area contributed by atoms with E-state index < -0.39 is 0 Å². The second-order valence-corrected chi connectivity index (χ2v) is 7.58. The van der Waals surface area contributed by atoms with Gasteiger partial charge in [0.1, 0.15) is 0 Å². The standard InChI is InChI=1S/C18H15Cl2N9O2/c19-10-8-22-9-11(20)13(10)15(30)27-3-5-28(6-4-27)17-24-16(21)29-18(25-17)23-14(26-29)12-2-1-7-31-12/h1-2,7-9H,3-6H2,(H2,21,23,24,25,26). The van der Waals surface area contributed by atoms with Crippen LogP contribution in [0.5, 0.6) is 0 Å². The highest BCUT2D eigenvalue weighted by Gasteiger charge is 2.27. The summed E-state index contributed by atoms with van der Waals surface area (Å²) < 4.78 is 6.68. The molecule has 4 aromatic heterocycles. The number of rotatable bonds is 3. The number of anilines is 2. The van der Waals surface area contributed by atoms with E-state index in [0.717, 1.165) is 0 Å². The smallest absolute Gasteiger partial charge is 0.259 e. The van der Waals surface area contributed by atoms with Crippen molar-refractivity contribution in [2.75, 3.05) is 36.8 Å². The molecule has 4 aromatic rings. The van der Waals surface area contributed by atoms with Crippen molar-refractivity contribution in [3.63, 3.8) is 0 Å². The fourth-order valence-electron chi connectivity index (χ4n) is 3.33. The number of piperazine rings is 1. The zero-order valence-corrected chi connectivity index (χ0v) is 17.5. The highest BCUT2D eigenvalue weighted by atomic mass is 35.5. The zero-order chi connectivity index (χ0) is 21.5. The molecule has 1 saturated heterocycles. The largest absolute Gasteiger partial charge is 0.461 e. The lowest BCUT2D eigenvalue weighted by Gasteiger charge is -2.35. The Bertz CT molecular complexity index is 1250. The lowest BCUT2D eigenvalue weighted by Crippen LogP contribution is -2.49. The second kappa shape index (κ2) is 7.67. The fraction of sp³-hybridized carbons (Fsp3) is 0.222. The molecule has 0 bridgehead atoms. The van der Waals surface area contributed by atoms with Crippen LogP contribution in [0.3, 0.4) is 0 Å². The molecule has 0 atom stereocenters. The first-order valence-electron chi connectivity index (χ1n) is 9.28. The number of hydrogen-bond donors (Lipinski definition) is 1. The first-order chi connectivity index (χ1) is 15.0. The van der Waals surface area contributed by atoms with E-state index in [1.807, 2.05) is 4.90 Å². The van der Waals surface area contributed by atoms with Crippen molar-refractivity contribution in [3.05, 3.63) is 46.4 Å². The van der Waals surface area contributed by atoms with E-state index in [1.54, 1.807) is 17.0 Å². The van der Waals surface area contributed by atoms with Crippen molar-refractivity contribution < 1.29 is 9.21 Å². The molecule has 0 aromatic carbocycles. The molecule has 2 N–H and O–H groups in total. The number of amides is 1. The van der Waals surface area contributed by atoms with E-state index in [9.17, 15) is 4.79 Å². The van der Waals surface area contributed by atoms with Gasteiger partial charge in [-0.1, -0.05) is 23.2 Å². The Morgan fingerprint density at radius 3 is 2.48 bits per heavy atom. The summed E-state index contributed by atoms with van der Waals surface area (Å²) in [7, 11) is 0. The van der Waals surface area contributed by atoms with Crippen molar-refractivity contribution in [1.29, 1.82) is 0 Å². The zero-order valence-electron chi connectivity index (χ0n) is 15.9. The van der Waals surface area contributed by atoms with Gasteiger partial charge in [0.15, 0.2) is 5.76 Å². The van der Waals surface area contributed by atoms with E-state index in [-0.39, 0.29) is 27.5 Å². The van der Waals surface area contributed by atoms with Crippen molar-refractivity contribution in [3.8, 4) is 11.6 Å². The van der Waals surface area contributed by atoms with Gasteiger partial charge in [-0.2, -0.15) is 19.5 Å². The number of pyridine rings is 1. The summed E-state index contributed by atoms with van der Waals surface area (Å²) in [6.45, 7) is 1.88. The molecular weight excluding hydrogens is 445 g/mol. The molecule has 31 heavy (non-hydrogen) atoms. The summed E-state index contributed by atoms with van der Waals surface area (Å²) in [6, 6.07) is 3.49. The lowest BCUT2D eigenvalue weighted by atomic mass is 10.2. The van der Waals surface area contributed by atoms with Gasteiger partial charge in [-0.25, -0.2) is 0 Å². The Morgan fingerprint density at radius 2 is 1.81 bits per heavy atom. The van der Waals surface area contributed by atoms with E-state index in [0.29, 0.717) is 49.5 Å². The fourth-order valence-corrected chi connectivity index (χ4v) is 3.86. The summed E-state index contributed by atoms with van der Waals surface area (Å²) in [5.41, 5.74) is 6.32. The van der Waals surface area contributed by atoms with Gasteiger partial charge in [-0.15, -0.1) is 5.10 Å². The maximum Gasteiger partial charge on any atom is 0.259 e.